The Morgan fingerprint density at radius 2 is 2.12 bits per heavy atom. The maximum atomic E-state index is 12.2. The predicted molar refractivity (Wildman–Crippen MR) is 96.8 cm³/mol. The van der Waals surface area contributed by atoms with Crippen LogP contribution in [0.25, 0.3) is 11.8 Å². The molecule has 132 valence electrons. The van der Waals surface area contributed by atoms with Gasteiger partial charge in [-0.05, 0) is 47.7 Å². The fraction of sp³-hybridized carbons (Fsp3) is 0.125. The van der Waals surface area contributed by atoms with Gasteiger partial charge in [0.2, 0.25) is 5.91 Å². The van der Waals surface area contributed by atoms with Gasteiger partial charge in [0.1, 0.15) is 6.33 Å². The Hall–Kier alpha value is -2.84. The minimum absolute atomic E-state index is 0.250. The molecule has 1 unspecified atom stereocenters. The molecule has 1 amide bonds. The lowest BCUT2D eigenvalue weighted by atomic mass is 10.1. The molecule has 1 atom stereocenters. The van der Waals surface area contributed by atoms with Crippen LogP contribution in [-0.2, 0) is 4.79 Å². The molecule has 0 spiro atoms. The molecule has 10 heteroatoms. The van der Waals surface area contributed by atoms with E-state index < -0.39 is 0 Å². The van der Waals surface area contributed by atoms with Crippen molar-refractivity contribution in [1.82, 2.24) is 35.7 Å². The maximum absolute atomic E-state index is 12.2. The van der Waals surface area contributed by atoms with E-state index in [0.717, 1.165) is 0 Å². The van der Waals surface area contributed by atoms with Gasteiger partial charge in [-0.1, -0.05) is 23.2 Å². The van der Waals surface area contributed by atoms with Gasteiger partial charge in [-0.25, -0.2) is 0 Å². The molecule has 8 nitrogen and oxygen atoms in total. The molecule has 0 aliphatic rings. The monoisotopic (exact) mass is 389 g/mol. The number of nitrogens with zero attached hydrogens (tertiary/aromatic N) is 6. The van der Waals surface area contributed by atoms with E-state index >= 15 is 0 Å². The molecular weight excluding hydrogens is 377 g/mol. The van der Waals surface area contributed by atoms with Crippen molar-refractivity contribution in [1.29, 1.82) is 0 Å². The highest BCUT2D eigenvalue weighted by Gasteiger charge is 2.12. The van der Waals surface area contributed by atoms with Gasteiger partial charge in [-0.2, -0.15) is 9.78 Å². The van der Waals surface area contributed by atoms with E-state index in [1.54, 1.807) is 37.3 Å². The summed E-state index contributed by atoms with van der Waals surface area (Å²) in [6, 6.07) is 6.58. The Morgan fingerprint density at radius 1 is 1.27 bits per heavy atom. The molecule has 0 aliphatic heterocycles. The lowest BCUT2D eigenvalue weighted by molar-refractivity contribution is -0.117. The summed E-state index contributed by atoms with van der Waals surface area (Å²) in [4.78, 5) is 12.2. The van der Waals surface area contributed by atoms with Gasteiger partial charge in [0.05, 0.1) is 17.9 Å². The molecule has 1 N–H and O–H groups in total. The first-order valence-corrected chi connectivity index (χ1v) is 8.29. The van der Waals surface area contributed by atoms with Gasteiger partial charge in [0, 0.05) is 22.2 Å². The minimum atomic E-state index is -0.325. The first-order valence-electron chi connectivity index (χ1n) is 7.53. The van der Waals surface area contributed by atoms with Crippen LogP contribution >= 0.6 is 23.2 Å². The number of aromatic nitrogens is 6. The van der Waals surface area contributed by atoms with Crippen LogP contribution in [0.1, 0.15) is 24.1 Å². The second-order valence-corrected chi connectivity index (χ2v) is 6.09. The zero-order valence-corrected chi connectivity index (χ0v) is 15.1. The Bertz CT molecular complexity index is 944. The molecule has 3 aromatic rings. The summed E-state index contributed by atoms with van der Waals surface area (Å²) in [5.74, 6) is -0.298. The van der Waals surface area contributed by atoms with Crippen LogP contribution in [0.4, 0.5) is 0 Å². The predicted octanol–water partition coefficient (Wildman–Crippen LogP) is 2.65. The van der Waals surface area contributed by atoms with Crippen LogP contribution in [0, 0.1) is 0 Å². The van der Waals surface area contributed by atoms with Gasteiger partial charge in [0.15, 0.2) is 5.15 Å². The normalized spacial score (nSPS) is 12.3. The van der Waals surface area contributed by atoms with Crippen LogP contribution in [0.3, 0.4) is 0 Å². The van der Waals surface area contributed by atoms with Gasteiger partial charge in [-0.15, -0.1) is 10.2 Å². The van der Waals surface area contributed by atoms with Crippen molar-refractivity contribution >= 4 is 35.2 Å². The highest BCUT2D eigenvalue weighted by molar-refractivity contribution is 6.30. The number of nitrogens with one attached hydrogen (secondary N) is 1. The molecule has 0 radical (unpaired) electrons. The molecule has 0 saturated carbocycles. The molecule has 0 saturated heterocycles. The average Bonchev–Trinajstić information content (AvgIpc) is 3.14. The number of benzene rings is 1. The lowest BCUT2D eigenvalue weighted by Crippen LogP contribution is -2.25. The summed E-state index contributed by atoms with van der Waals surface area (Å²) in [5.41, 5.74) is 2.06. The van der Waals surface area contributed by atoms with Crippen LogP contribution in [0.15, 0.2) is 42.9 Å². The second-order valence-electron chi connectivity index (χ2n) is 5.30. The number of halogens is 2. The third-order valence-corrected chi connectivity index (χ3v) is 4.06. The van der Waals surface area contributed by atoms with Crippen LogP contribution in [0.2, 0.25) is 10.2 Å². The van der Waals surface area contributed by atoms with Crippen molar-refractivity contribution < 1.29 is 4.79 Å². The standard InChI is InChI=1S/C16H13Cl2N7O/c1-10(13-6-7-19-22-16(13)18)21-15(26)5-2-11-8-12(17)3-4-14(11)25-9-20-23-24-25/h2-10H,1H3,(H,21,26). The summed E-state index contributed by atoms with van der Waals surface area (Å²) in [6.07, 6.45) is 6.02. The van der Waals surface area contributed by atoms with Crippen molar-refractivity contribution in [3.05, 3.63) is 64.2 Å². The van der Waals surface area contributed by atoms with Crippen molar-refractivity contribution in [2.24, 2.45) is 0 Å². The fourth-order valence-electron chi connectivity index (χ4n) is 2.29. The Kier molecular flexibility index (Phi) is 5.55. The number of amides is 1. The van der Waals surface area contributed by atoms with Crippen molar-refractivity contribution in [3.63, 3.8) is 0 Å². The number of rotatable bonds is 5. The lowest BCUT2D eigenvalue weighted by Gasteiger charge is -2.13. The van der Waals surface area contributed by atoms with Crippen LogP contribution in [0.5, 0.6) is 0 Å². The number of tetrazole rings is 1. The minimum Gasteiger partial charge on any atom is -0.346 e. The van der Waals surface area contributed by atoms with Gasteiger partial charge in [0.25, 0.3) is 0 Å². The zero-order valence-electron chi connectivity index (χ0n) is 13.5. The number of hydrogen-bond acceptors (Lipinski definition) is 6. The molecule has 1 aromatic carbocycles. The topological polar surface area (TPSA) is 98.5 Å². The van der Waals surface area contributed by atoms with E-state index in [9.17, 15) is 4.79 Å². The molecule has 0 bridgehead atoms. The van der Waals surface area contributed by atoms with E-state index in [-0.39, 0.29) is 17.1 Å². The highest BCUT2D eigenvalue weighted by Crippen LogP contribution is 2.21. The first-order chi connectivity index (χ1) is 12.5. The smallest absolute Gasteiger partial charge is 0.244 e. The summed E-state index contributed by atoms with van der Waals surface area (Å²) >= 11 is 12.0. The van der Waals surface area contributed by atoms with E-state index in [1.807, 2.05) is 0 Å². The molecule has 2 heterocycles. The summed E-state index contributed by atoms with van der Waals surface area (Å²) in [5, 5.41) is 22.1. The third kappa shape index (κ3) is 4.22. The average molecular weight is 390 g/mol. The number of hydrogen-bond donors (Lipinski definition) is 1. The zero-order chi connectivity index (χ0) is 18.5. The van der Waals surface area contributed by atoms with Crippen LogP contribution in [-0.4, -0.2) is 36.3 Å². The quantitative estimate of drug-likeness (QED) is 0.673. The second kappa shape index (κ2) is 8.03. The van der Waals surface area contributed by atoms with E-state index in [1.165, 1.54) is 23.3 Å². The number of carbonyl (C=O) groups is 1. The molecule has 3 rings (SSSR count). The molecule has 0 aliphatic carbocycles. The molecule has 0 fully saturated rings. The molecular formula is C16H13Cl2N7O. The number of carbonyl (C=O) groups excluding carboxylic acids is 1. The highest BCUT2D eigenvalue weighted by atomic mass is 35.5. The first kappa shape index (κ1) is 18.0. The van der Waals surface area contributed by atoms with E-state index in [4.69, 9.17) is 23.2 Å². The summed E-state index contributed by atoms with van der Waals surface area (Å²) in [7, 11) is 0. The molecule has 26 heavy (non-hydrogen) atoms. The summed E-state index contributed by atoms with van der Waals surface area (Å²) < 4.78 is 1.49. The van der Waals surface area contributed by atoms with Gasteiger partial charge < -0.3 is 5.32 Å². The Labute approximate surface area is 158 Å². The largest absolute Gasteiger partial charge is 0.346 e. The Balaban J connectivity index is 1.77. The van der Waals surface area contributed by atoms with Gasteiger partial charge in [-0.3, -0.25) is 4.79 Å². The van der Waals surface area contributed by atoms with Crippen molar-refractivity contribution in [3.8, 4) is 5.69 Å². The van der Waals surface area contributed by atoms with Crippen LogP contribution < -0.4 is 5.32 Å². The maximum Gasteiger partial charge on any atom is 0.244 e. The third-order valence-electron chi connectivity index (χ3n) is 3.53. The fourth-order valence-corrected chi connectivity index (χ4v) is 2.74. The van der Waals surface area contributed by atoms with E-state index in [0.29, 0.717) is 21.8 Å². The van der Waals surface area contributed by atoms with Crippen molar-refractivity contribution in [2.45, 2.75) is 13.0 Å². The Morgan fingerprint density at radius 3 is 2.85 bits per heavy atom. The SMILES string of the molecule is CC(NC(=O)C=Cc1cc(Cl)ccc1-n1cnnn1)c1ccnnc1Cl. The van der Waals surface area contributed by atoms with Gasteiger partial charge >= 0.3 is 0 Å². The van der Waals surface area contributed by atoms with E-state index in [2.05, 4.69) is 31.0 Å². The van der Waals surface area contributed by atoms with Crippen molar-refractivity contribution in [2.75, 3.05) is 0 Å². The summed E-state index contributed by atoms with van der Waals surface area (Å²) in [6.45, 7) is 1.81. The molecule has 2 aromatic heterocycles.